The summed E-state index contributed by atoms with van der Waals surface area (Å²) in [6.45, 7) is 3.45. The van der Waals surface area contributed by atoms with Gasteiger partial charge < -0.3 is 5.32 Å². The molecule has 0 saturated carbocycles. The van der Waals surface area contributed by atoms with E-state index in [4.69, 9.17) is 0 Å². The molecule has 4 nitrogen and oxygen atoms in total. The fraction of sp³-hybridized carbons (Fsp3) is 0.267. The third-order valence-corrected chi connectivity index (χ3v) is 4.95. The summed E-state index contributed by atoms with van der Waals surface area (Å²) in [5.74, 6) is -0.366. The molecule has 0 saturated heterocycles. The molecule has 0 fully saturated rings. The van der Waals surface area contributed by atoms with Gasteiger partial charge in [-0.1, -0.05) is 19.1 Å². The lowest BCUT2D eigenvalue weighted by Crippen LogP contribution is -2.13. The molecule has 0 aliphatic rings. The number of pyridine rings is 1. The van der Waals surface area contributed by atoms with Crippen molar-refractivity contribution >= 4 is 15.5 Å². The Labute approximate surface area is 124 Å². The molecular weight excluding hydrogens is 291 g/mol. The Morgan fingerprint density at radius 3 is 2.57 bits per heavy atom. The molecule has 1 aromatic carbocycles. The maximum Gasteiger partial charge on any atom is 0.180 e. The van der Waals surface area contributed by atoms with E-state index in [0.717, 1.165) is 6.20 Å². The number of aromatic nitrogens is 1. The molecule has 2 aromatic rings. The van der Waals surface area contributed by atoms with Crippen molar-refractivity contribution in [2.24, 2.45) is 0 Å². The lowest BCUT2D eigenvalue weighted by Gasteiger charge is -2.17. The number of hydrogen-bond donors (Lipinski definition) is 1. The number of hydrogen-bond acceptors (Lipinski definition) is 4. The van der Waals surface area contributed by atoms with Crippen molar-refractivity contribution in [1.82, 2.24) is 4.98 Å². The minimum Gasteiger partial charge on any atom is -0.376 e. The van der Waals surface area contributed by atoms with E-state index in [1.165, 1.54) is 6.07 Å². The molecule has 1 unspecified atom stereocenters. The molecule has 0 bridgehead atoms. The standard InChI is InChI=1S/C15H17FN2O2S/c1-3-21(19,20)15-7-5-4-6-14(15)18-11(2)13-9-8-12(16)10-17-13/h4-11,18H,3H2,1-2H3. The highest BCUT2D eigenvalue weighted by Crippen LogP contribution is 2.25. The molecule has 0 spiro atoms. The van der Waals surface area contributed by atoms with Gasteiger partial charge in [0.2, 0.25) is 0 Å². The predicted octanol–water partition coefficient (Wildman–Crippen LogP) is 3.19. The number of nitrogens with one attached hydrogen (secondary N) is 1. The third-order valence-electron chi connectivity index (χ3n) is 3.17. The highest BCUT2D eigenvalue weighted by atomic mass is 32.2. The van der Waals surface area contributed by atoms with E-state index in [1.807, 2.05) is 6.92 Å². The highest BCUT2D eigenvalue weighted by Gasteiger charge is 2.17. The number of anilines is 1. The van der Waals surface area contributed by atoms with Crippen LogP contribution in [0.15, 0.2) is 47.5 Å². The zero-order chi connectivity index (χ0) is 15.5. The average molecular weight is 308 g/mol. The van der Waals surface area contributed by atoms with Gasteiger partial charge >= 0.3 is 0 Å². The van der Waals surface area contributed by atoms with Crippen LogP contribution >= 0.6 is 0 Å². The normalized spacial score (nSPS) is 12.9. The quantitative estimate of drug-likeness (QED) is 0.921. The number of sulfone groups is 1. The summed E-state index contributed by atoms with van der Waals surface area (Å²) in [6, 6.07) is 9.41. The number of halogens is 1. The molecule has 21 heavy (non-hydrogen) atoms. The van der Waals surface area contributed by atoms with Crippen LogP contribution in [0.1, 0.15) is 25.6 Å². The smallest absolute Gasteiger partial charge is 0.180 e. The van der Waals surface area contributed by atoms with E-state index in [-0.39, 0.29) is 16.7 Å². The molecule has 1 aromatic heterocycles. The fourth-order valence-corrected chi connectivity index (χ4v) is 3.02. The molecule has 1 atom stereocenters. The Balaban J connectivity index is 2.30. The van der Waals surface area contributed by atoms with Gasteiger partial charge in [-0.25, -0.2) is 12.8 Å². The van der Waals surface area contributed by atoms with E-state index in [2.05, 4.69) is 10.3 Å². The molecule has 112 valence electrons. The summed E-state index contributed by atoms with van der Waals surface area (Å²) in [6.07, 6.45) is 1.14. The zero-order valence-corrected chi connectivity index (χ0v) is 12.7. The predicted molar refractivity (Wildman–Crippen MR) is 80.4 cm³/mol. The molecule has 6 heteroatoms. The van der Waals surface area contributed by atoms with Crippen LogP contribution in [0.4, 0.5) is 10.1 Å². The largest absolute Gasteiger partial charge is 0.376 e. The summed E-state index contributed by atoms with van der Waals surface area (Å²) < 4.78 is 37.0. The van der Waals surface area contributed by atoms with E-state index in [0.29, 0.717) is 11.4 Å². The maximum atomic E-state index is 12.9. The van der Waals surface area contributed by atoms with Crippen LogP contribution in [0.25, 0.3) is 0 Å². The van der Waals surface area contributed by atoms with E-state index in [1.54, 1.807) is 37.3 Å². The van der Waals surface area contributed by atoms with E-state index in [9.17, 15) is 12.8 Å². The van der Waals surface area contributed by atoms with Gasteiger partial charge in [0.15, 0.2) is 9.84 Å². The average Bonchev–Trinajstić information content (AvgIpc) is 2.48. The number of para-hydroxylation sites is 1. The van der Waals surface area contributed by atoms with Crippen molar-refractivity contribution in [3.05, 3.63) is 54.1 Å². The molecule has 2 rings (SSSR count). The SMILES string of the molecule is CCS(=O)(=O)c1ccccc1NC(C)c1ccc(F)cn1. The van der Waals surface area contributed by atoms with E-state index >= 15 is 0 Å². The molecular formula is C15H17FN2O2S. The van der Waals surface area contributed by atoms with Gasteiger partial charge in [-0.15, -0.1) is 0 Å². The Hall–Kier alpha value is -1.95. The highest BCUT2D eigenvalue weighted by molar-refractivity contribution is 7.91. The summed E-state index contributed by atoms with van der Waals surface area (Å²) in [4.78, 5) is 4.26. The van der Waals surface area contributed by atoms with Crippen molar-refractivity contribution in [1.29, 1.82) is 0 Å². The van der Waals surface area contributed by atoms with Crippen molar-refractivity contribution in [3.63, 3.8) is 0 Å². The van der Waals surface area contributed by atoms with Crippen LogP contribution in [0, 0.1) is 5.82 Å². The summed E-state index contributed by atoms with van der Waals surface area (Å²) in [7, 11) is -3.31. The first-order valence-electron chi connectivity index (χ1n) is 6.64. The summed E-state index contributed by atoms with van der Waals surface area (Å²) >= 11 is 0. The van der Waals surface area contributed by atoms with Gasteiger partial charge in [0.05, 0.1) is 34.3 Å². The summed E-state index contributed by atoms with van der Waals surface area (Å²) in [5.41, 5.74) is 1.16. The molecule has 0 radical (unpaired) electrons. The van der Waals surface area contributed by atoms with Gasteiger partial charge in [0, 0.05) is 0 Å². The number of nitrogens with zero attached hydrogens (tertiary/aromatic N) is 1. The minimum atomic E-state index is -3.31. The second-order valence-corrected chi connectivity index (χ2v) is 6.91. The third kappa shape index (κ3) is 3.58. The van der Waals surface area contributed by atoms with Crippen LogP contribution in [0.2, 0.25) is 0 Å². The van der Waals surface area contributed by atoms with Crippen molar-refractivity contribution in [2.45, 2.75) is 24.8 Å². The minimum absolute atomic E-state index is 0.0366. The first-order valence-corrected chi connectivity index (χ1v) is 8.29. The Morgan fingerprint density at radius 1 is 1.24 bits per heavy atom. The first-order chi connectivity index (χ1) is 9.94. The van der Waals surface area contributed by atoms with Gasteiger partial charge in [-0.05, 0) is 31.2 Å². The Bertz CT molecular complexity index is 715. The van der Waals surface area contributed by atoms with Crippen molar-refractivity contribution in [2.75, 3.05) is 11.1 Å². The van der Waals surface area contributed by atoms with Crippen LogP contribution in [-0.2, 0) is 9.84 Å². The van der Waals surface area contributed by atoms with Crippen molar-refractivity contribution < 1.29 is 12.8 Å². The second-order valence-electron chi connectivity index (χ2n) is 4.67. The Morgan fingerprint density at radius 2 is 1.95 bits per heavy atom. The molecule has 0 aliphatic heterocycles. The molecule has 1 heterocycles. The topological polar surface area (TPSA) is 59.1 Å². The number of benzene rings is 1. The van der Waals surface area contributed by atoms with Crippen molar-refractivity contribution in [3.8, 4) is 0 Å². The zero-order valence-electron chi connectivity index (χ0n) is 11.9. The fourth-order valence-electron chi connectivity index (χ4n) is 1.96. The van der Waals surface area contributed by atoms with Gasteiger partial charge in [-0.3, -0.25) is 4.98 Å². The lowest BCUT2D eigenvalue weighted by atomic mass is 10.2. The van der Waals surface area contributed by atoms with Gasteiger partial charge in [0.25, 0.3) is 0 Å². The van der Waals surface area contributed by atoms with Crippen LogP contribution in [0.3, 0.4) is 0 Å². The van der Waals surface area contributed by atoms with Gasteiger partial charge in [-0.2, -0.15) is 0 Å². The number of rotatable bonds is 5. The van der Waals surface area contributed by atoms with Crippen LogP contribution < -0.4 is 5.32 Å². The molecule has 1 N–H and O–H groups in total. The van der Waals surface area contributed by atoms with E-state index < -0.39 is 15.7 Å². The second kappa shape index (κ2) is 6.22. The van der Waals surface area contributed by atoms with Gasteiger partial charge in [0.1, 0.15) is 5.82 Å². The molecule has 0 amide bonds. The van der Waals surface area contributed by atoms with Crippen LogP contribution in [0.5, 0.6) is 0 Å². The first kappa shape index (κ1) is 15.4. The summed E-state index contributed by atoms with van der Waals surface area (Å²) in [5, 5.41) is 3.12. The monoisotopic (exact) mass is 308 g/mol. The lowest BCUT2D eigenvalue weighted by molar-refractivity contribution is 0.597. The maximum absolute atomic E-state index is 12.9. The molecule has 0 aliphatic carbocycles. The Kier molecular flexibility index (Phi) is 4.57. The van der Waals surface area contributed by atoms with Crippen LogP contribution in [-0.4, -0.2) is 19.2 Å².